The van der Waals surface area contributed by atoms with Crippen LogP contribution in [0.3, 0.4) is 0 Å². The van der Waals surface area contributed by atoms with Crippen molar-refractivity contribution in [2.24, 2.45) is 0 Å². The molecule has 0 radical (unpaired) electrons. The molecule has 0 saturated heterocycles. The maximum absolute atomic E-state index is 12.0. The smallest absolute Gasteiger partial charge is 0.331 e. The van der Waals surface area contributed by atoms with Gasteiger partial charge in [0.05, 0.1) is 5.69 Å². The topological polar surface area (TPSA) is 79.3 Å². The molecule has 0 spiro atoms. The van der Waals surface area contributed by atoms with Gasteiger partial charge in [-0.1, -0.05) is 12.1 Å². The molecule has 0 aliphatic rings. The molecular formula is C15H14N2O3. The molecule has 2 N–H and O–H groups in total. The number of hydrogen-bond donors (Lipinski definition) is 2. The monoisotopic (exact) mass is 270 g/mol. The highest BCUT2D eigenvalue weighted by Gasteiger charge is 2.13. The summed E-state index contributed by atoms with van der Waals surface area (Å²) in [7, 11) is 0. The third-order valence-electron chi connectivity index (χ3n) is 3.16. The highest BCUT2D eigenvalue weighted by molar-refractivity contribution is 6.11. The number of aromatic nitrogens is 1. The van der Waals surface area contributed by atoms with Crippen LogP contribution in [0.4, 0.5) is 5.69 Å². The van der Waals surface area contributed by atoms with Gasteiger partial charge in [0.2, 0.25) is 0 Å². The molecule has 0 atom stereocenters. The number of hydrogen-bond acceptors (Lipinski definition) is 3. The van der Waals surface area contributed by atoms with Gasteiger partial charge in [0, 0.05) is 28.9 Å². The van der Waals surface area contributed by atoms with E-state index in [1.54, 1.807) is 18.5 Å². The van der Waals surface area contributed by atoms with Crippen molar-refractivity contribution in [2.45, 2.75) is 13.8 Å². The quantitative estimate of drug-likeness (QED) is 0.840. The summed E-state index contributed by atoms with van der Waals surface area (Å²) in [5, 5.41) is 13.4. The van der Waals surface area contributed by atoms with Crippen molar-refractivity contribution in [1.29, 1.82) is 0 Å². The van der Waals surface area contributed by atoms with Gasteiger partial charge in [0.15, 0.2) is 0 Å². The zero-order valence-corrected chi connectivity index (χ0v) is 11.2. The highest BCUT2D eigenvalue weighted by atomic mass is 16.4. The number of carbonyl (C=O) groups is 2. The van der Waals surface area contributed by atoms with Crippen LogP contribution >= 0.6 is 0 Å². The first-order chi connectivity index (χ1) is 9.50. The molecule has 0 bridgehead atoms. The van der Waals surface area contributed by atoms with Crippen molar-refractivity contribution in [3.63, 3.8) is 0 Å². The van der Waals surface area contributed by atoms with E-state index in [1.807, 2.05) is 18.2 Å². The predicted octanol–water partition coefficient (Wildman–Crippen LogP) is 2.59. The van der Waals surface area contributed by atoms with Crippen molar-refractivity contribution >= 4 is 28.3 Å². The summed E-state index contributed by atoms with van der Waals surface area (Å²) in [4.78, 5) is 26.9. The first-order valence-electron chi connectivity index (χ1n) is 6.05. The van der Waals surface area contributed by atoms with E-state index in [4.69, 9.17) is 5.11 Å². The number of carboxylic acids is 1. The SMILES string of the molecule is C/C(C(=O)O)=C(/C)C(=O)Nc1cccc2ccncc12. The molecule has 0 aliphatic carbocycles. The Kier molecular flexibility index (Phi) is 3.79. The maximum Gasteiger partial charge on any atom is 0.331 e. The number of carbonyl (C=O) groups excluding carboxylic acids is 1. The Balaban J connectivity index is 2.36. The van der Waals surface area contributed by atoms with E-state index >= 15 is 0 Å². The van der Waals surface area contributed by atoms with Crippen LogP contribution in [-0.2, 0) is 9.59 Å². The average Bonchev–Trinajstić information content (AvgIpc) is 2.46. The molecule has 102 valence electrons. The Hall–Kier alpha value is -2.69. The summed E-state index contributed by atoms with van der Waals surface area (Å²) in [6.45, 7) is 2.89. The molecule has 1 aromatic carbocycles. The van der Waals surface area contributed by atoms with E-state index in [0.29, 0.717) is 5.69 Å². The van der Waals surface area contributed by atoms with Crippen LogP contribution in [0.25, 0.3) is 10.8 Å². The van der Waals surface area contributed by atoms with Gasteiger partial charge in [0.1, 0.15) is 0 Å². The van der Waals surface area contributed by atoms with Crippen molar-refractivity contribution in [1.82, 2.24) is 4.98 Å². The Morgan fingerprint density at radius 3 is 2.60 bits per heavy atom. The van der Waals surface area contributed by atoms with Crippen LogP contribution in [0.1, 0.15) is 13.8 Å². The van der Waals surface area contributed by atoms with Gasteiger partial charge in [-0.15, -0.1) is 0 Å². The Bertz CT molecular complexity index is 715. The van der Waals surface area contributed by atoms with Crippen LogP contribution in [0.5, 0.6) is 0 Å². The number of nitrogens with one attached hydrogen (secondary N) is 1. The molecule has 2 rings (SSSR count). The first-order valence-corrected chi connectivity index (χ1v) is 6.05. The second-order valence-corrected chi connectivity index (χ2v) is 4.41. The fourth-order valence-corrected chi connectivity index (χ4v) is 1.77. The molecule has 1 amide bonds. The maximum atomic E-state index is 12.0. The van der Waals surface area contributed by atoms with Gasteiger partial charge in [-0.3, -0.25) is 9.78 Å². The second-order valence-electron chi connectivity index (χ2n) is 4.41. The highest BCUT2D eigenvalue weighted by Crippen LogP contribution is 2.22. The number of anilines is 1. The summed E-state index contributed by atoms with van der Waals surface area (Å²) in [5.41, 5.74) is 0.817. The molecule has 1 heterocycles. The number of fused-ring (bicyclic) bond motifs is 1. The second kappa shape index (κ2) is 5.52. The van der Waals surface area contributed by atoms with Crippen molar-refractivity contribution in [3.05, 3.63) is 47.8 Å². The zero-order chi connectivity index (χ0) is 14.7. The van der Waals surface area contributed by atoms with E-state index in [9.17, 15) is 9.59 Å². The fraction of sp³-hybridized carbons (Fsp3) is 0.133. The minimum Gasteiger partial charge on any atom is -0.478 e. The summed E-state index contributed by atoms with van der Waals surface area (Å²) in [5.74, 6) is -1.53. The van der Waals surface area contributed by atoms with Gasteiger partial charge in [-0.05, 0) is 31.4 Å². The average molecular weight is 270 g/mol. The lowest BCUT2D eigenvalue weighted by Gasteiger charge is -2.09. The van der Waals surface area contributed by atoms with E-state index in [1.165, 1.54) is 13.8 Å². The number of pyridine rings is 1. The van der Waals surface area contributed by atoms with Gasteiger partial charge in [-0.2, -0.15) is 0 Å². The van der Waals surface area contributed by atoms with E-state index < -0.39 is 11.9 Å². The number of amides is 1. The van der Waals surface area contributed by atoms with Crippen molar-refractivity contribution in [2.75, 3.05) is 5.32 Å². The molecule has 0 saturated carbocycles. The minimum absolute atomic E-state index is 0.0286. The lowest BCUT2D eigenvalue weighted by atomic mass is 10.1. The molecule has 5 heteroatoms. The molecule has 0 unspecified atom stereocenters. The van der Waals surface area contributed by atoms with Crippen LogP contribution in [-0.4, -0.2) is 22.0 Å². The molecule has 2 aromatic rings. The molecule has 5 nitrogen and oxygen atoms in total. The normalized spacial score (nSPS) is 11.9. The number of benzene rings is 1. The standard InChI is InChI=1S/C15H14N2O3/c1-9(10(2)15(19)20)14(18)17-13-5-3-4-11-6-7-16-8-12(11)13/h3-8H,1-2H3,(H,17,18)(H,19,20)/b10-9+. The van der Waals surface area contributed by atoms with Gasteiger partial charge in [0.25, 0.3) is 5.91 Å². The molecule has 0 aliphatic heterocycles. The first kappa shape index (κ1) is 13.7. The number of nitrogens with zero attached hydrogens (tertiary/aromatic N) is 1. The largest absolute Gasteiger partial charge is 0.478 e. The zero-order valence-electron chi connectivity index (χ0n) is 11.2. The number of rotatable bonds is 3. The summed E-state index contributed by atoms with van der Waals surface area (Å²) < 4.78 is 0. The lowest BCUT2D eigenvalue weighted by Crippen LogP contribution is -2.16. The van der Waals surface area contributed by atoms with E-state index in [2.05, 4.69) is 10.3 Å². The predicted molar refractivity (Wildman–Crippen MR) is 76.4 cm³/mol. The molecule has 20 heavy (non-hydrogen) atoms. The van der Waals surface area contributed by atoms with Crippen LogP contribution < -0.4 is 5.32 Å². The third-order valence-corrected chi connectivity index (χ3v) is 3.16. The summed E-state index contributed by atoms with van der Waals surface area (Å²) >= 11 is 0. The van der Waals surface area contributed by atoms with Gasteiger partial charge in [-0.25, -0.2) is 4.79 Å². The van der Waals surface area contributed by atoms with E-state index in [-0.39, 0.29) is 11.1 Å². The Labute approximate surface area is 115 Å². The Morgan fingerprint density at radius 1 is 1.15 bits per heavy atom. The van der Waals surface area contributed by atoms with Gasteiger partial charge >= 0.3 is 5.97 Å². The van der Waals surface area contributed by atoms with E-state index in [0.717, 1.165) is 10.8 Å². The molecule has 1 aromatic heterocycles. The molecular weight excluding hydrogens is 256 g/mol. The lowest BCUT2D eigenvalue weighted by molar-refractivity contribution is -0.133. The summed E-state index contributed by atoms with van der Waals surface area (Å²) in [6.07, 6.45) is 3.34. The van der Waals surface area contributed by atoms with Crippen LogP contribution in [0.15, 0.2) is 47.8 Å². The number of aliphatic carboxylic acids is 1. The Morgan fingerprint density at radius 2 is 1.90 bits per heavy atom. The minimum atomic E-state index is -1.10. The third kappa shape index (κ3) is 2.66. The molecule has 0 fully saturated rings. The van der Waals surface area contributed by atoms with Crippen molar-refractivity contribution in [3.8, 4) is 0 Å². The van der Waals surface area contributed by atoms with Gasteiger partial charge < -0.3 is 10.4 Å². The van der Waals surface area contributed by atoms with Crippen molar-refractivity contribution < 1.29 is 14.7 Å². The van der Waals surface area contributed by atoms with Crippen LogP contribution in [0.2, 0.25) is 0 Å². The number of carboxylic acid groups (broad SMARTS) is 1. The fourth-order valence-electron chi connectivity index (χ4n) is 1.77. The van der Waals surface area contributed by atoms with Crippen LogP contribution in [0, 0.1) is 0 Å². The summed E-state index contributed by atoms with van der Waals surface area (Å²) in [6, 6.07) is 7.33.